The van der Waals surface area contributed by atoms with Crippen LogP contribution >= 0.6 is 11.1 Å². The molecule has 0 amide bonds. The molecule has 3 aromatic rings. The van der Waals surface area contributed by atoms with Gasteiger partial charge in [-0.15, -0.1) is 11.1 Å². The molecule has 0 heterocycles. The summed E-state index contributed by atoms with van der Waals surface area (Å²) in [5, 5.41) is 2.59. The van der Waals surface area contributed by atoms with E-state index in [1.807, 2.05) is 54.6 Å². The van der Waals surface area contributed by atoms with Crippen LogP contribution in [-0.2, 0) is 0 Å². The summed E-state index contributed by atoms with van der Waals surface area (Å²) in [4.78, 5) is 0. The summed E-state index contributed by atoms with van der Waals surface area (Å²) in [6.07, 6.45) is 0. The molecule has 0 aliphatic heterocycles. The Hall–Kier alpha value is -3.03. The SMILES string of the molecule is COc1cc(OC)cc([Si](Cl)(c2cc(OC)cc(OC)c2)c2cc(OC)cc(OC)c2)c1. The van der Waals surface area contributed by atoms with Crippen LogP contribution in [0.25, 0.3) is 0 Å². The summed E-state index contributed by atoms with van der Waals surface area (Å²) >= 11 is 7.69. The third kappa shape index (κ3) is 4.59. The number of methoxy groups -OCH3 is 6. The molecular formula is C24H27ClO6Si. The molecule has 3 aromatic carbocycles. The Morgan fingerprint density at radius 2 is 0.594 bits per heavy atom. The molecule has 170 valence electrons. The van der Waals surface area contributed by atoms with E-state index >= 15 is 0 Å². The monoisotopic (exact) mass is 474 g/mol. The second-order valence-electron chi connectivity index (χ2n) is 6.96. The molecule has 6 nitrogen and oxygen atoms in total. The van der Waals surface area contributed by atoms with Crippen LogP contribution in [0.2, 0.25) is 0 Å². The van der Waals surface area contributed by atoms with Crippen molar-refractivity contribution < 1.29 is 28.4 Å². The van der Waals surface area contributed by atoms with E-state index in [-0.39, 0.29) is 0 Å². The average molecular weight is 475 g/mol. The fourth-order valence-electron chi connectivity index (χ4n) is 3.52. The zero-order valence-electron chi connectivity index (χ0n) is 19.0. The van der Waals surface area contributed by atoms with Gasteiger partial charge in [0.1, 0.15) is 34.5 Å². The van der Waals surface area contributed by atoms with Gasteiger partial charge in [-0.05, 0) is 52.0 Å². The van der Waals surface area contributed by atoms with E-state index in [1.54, 1.807) is 42.7 Å². The molecule has 0 fully saturated rings. The van der Waals surface area contributed by atoms with E-state index in [2.05, 4.69) is 0 Å². The minimum absolute atomic E-state index is 0.640. The van der Waals surface area contributed by atoms with Gasteiger partial charge in [-0.1, -0.05) is 0 Å². The van der Waals surface area contributed by atoms with Crippen molar-refractivity contribution in [3.63, 3.8) is 0 Å². The Bertz CT molecular complexity index is 887. The van der Waals surface area contributed by atoms with Gasteiger partial charge in [-0.2, -0.15) is 0 Å². The van der Waals surface area contributed by atoms with E-state index in [0.29, 0.717) is 34.5 Å². The molecule has 8 heteroatoms. The molecule has 0 saturated carbocycles. The van der Waals surface area contributed by atoms with Crippen LogP contribution in [0.1, 0.15) is 0 Å². The van der Waals surface area contributed by atoms with Crippen LogP contribution in [0.4, 0.5) is 0 Å². The van der Waals surface area contributed by atoms with Gasteiger partial charge in [0, 0.05) is 18.2 Å². The summed E-state index contributed by atoms with van der Waals surface area (Å²) in [5.41, 5.74) is 0. The molecule has 0 aliphatic carbocycles. The van der Waals surface area contributed by atoms with Crippen molar-refractivity contribution in [1.82, 2.24) is 0 Å². The Balaban J connectivity index is 2.40. The van der Waals surface area contributed by atoms with Crippen molar-refractivity contribution in [2.24, 2.45) is 0 Å². The Kier molecular flexibility index (Phi) is 7.43. The number of rotatable bonds is 9. The lowest BCUT2D eigenvalue weighted by Gasteiger charge is -2.28. The van der Waals surface area contributed by atoms with Gasteiger partial charge in [-0.3, -0.25) is 0 Å². The predicted octanol–water partition coefficient (Wildman–Crippen LogP) is 2.94. The number of hydrogen-bond acceptors (Lipinski definition) is 6. The number of hydrogen-bond donors (Lipinski definition) is 0. The molecule has 0 atom stereocenters. The van der Waals surface area contributed by atoms with E-state index in [9.17, 15) is 0 Å². The van der Waals surface area contributed by atoms with Gasteiger partial charge < -0.3 is 28.4 Å². The van der Waals surface area contributed by atoms with E-state index in [4.69, 9.17) is 39.5 Å². The summed E-state index contributed by atoms with van der Waals surface area (Å²) in [6.45, 7) is 0. The zero-order valence-corrected chi connectivity index (χ0v) is 20.8. The van der Waals surface area contributed by atoms with Crippen molar-refractivity contribution in [3.05, 3.63) is 54.6 Å². The third-order valence-corrected chi connectivity index (χ3v) is 10.5. The highest BCUT2D eigenvalue weighted by atomic mass is 35.6. The van der Waals surface area contributed by atoms with Crippen molar-refractivity contribution in [2.75, 3.05) is 42.7 Å². The summed E-state index contributed by atoms with van der Waals surface area (Å²) in [7, 11) is 6.49. The van der Waals surface area contributed by atoms with Crippen LogP contribution in [-0.4, -0.2) is 50.0 Å². The van der Waals surface area contributed by atoms with E-state index in [1.165, 1.54) is 0 Å². The maximum Gasteiger partial charge on any atom is 0.248 e. The number of benzene rings is 3. The van der Waals surface area contributed by atoms with Crippen LogP contribution in [0.3, 0.4) is 0 Å². The highest BCUT2D eigenvalue weighted by Gasteiger charge is 2.40. The van der Waals surface area contributed by atoms with Gasteiger partial charge in [0.15, 0.2) is 0 Å². The van der Waals surface area contributed by atoms with Crippen LogP contribution in [0.5, 0.6) is 34.5 Å². The third-order valence-electron chi connectivity index (χ3n) is 5.25. The van der Waals surface area contributed by atoms with Crippen molar-refractivity contribution >= 4 is 34.0 Å². The van der Waals surface area contributed by atoms with Gasteiger partial charge in [0.05, 0.1) is 42.7 Å². The van der Waals surface area contributed by atoms with Crippen molar-refractivity contribution in [2.45, 2.75) is 0 Å². The van der Waals surface area contributed by atoms with Crippen LogP contribution in [0.15, 0.2) is 54.6 Å². The van der Waals surface area contributed by atoms with Gasteiger partial charge in [0.2, 0.25) is 7.38 Å². The van der Waals surface area contributed by atoms with Crippen LogP contribution < -0.4 is 44.0 Å². The second-order valence-corrected chi connectivity index (χ2v) is 11.7. The highest BCUT2D eigenvalue weighted by Crippen LogP contribution is 2.27. The molecule has 0 bridgehead atoms. The lowest BCUT2D eigenvalue weighted by atomic mass is 10.3. The molecule has 0 N–H and O–H groups in total. The average Bonchev–Trinajstić information content (AvgIpc) is 2.86. The molecule has 3 rings (SSSR count). The standard InChI is InChI=1S/C24H27ClO6Si/c1-26-16-7-17(27-2)11-22(10-16)32(25,23-12-18(28-3)8-19(13-23)29-4)24-14-20(30-5)9-21(15-24)31-6/h7-15H,1-6H3. The lowest BCUT2D eigenvalue weighted by Crippen LogP contribution is -2.63. The van der Waals surface area contributed by atoms with Crippen molar-refractivity contribution in [1.29, 1.82) is 0 Å². The fraction of sp³-hybridized carbons (Fsp3) is 0.250. The minimum Gasteiger partial charge on any atom is -0.497 e. The molecule has 0 saturated heterocycles. The molecule has 32 heavy (non-hydrogen) atoms. The quantitative estimate of drug-likeness (QED) is 0.270. The first kappa shape index (κ1) is 23.6. The van der Waals surface area contributed by atoms with Gasteiger partial charge in [-0.25, -0.2) is 0 Å². The maximum absolute atomic E-state index is 7.69. The molecule has 0 unspecified atom stereocenters. The van der Waals surface area contributed by atoms with Crippen molar-refractivity contribution in [3.8, 4) is 34.5 Å². The maximum atomic E-state index is 7.69. The highest BCUT2D eigenvalue weighted by molar-refractivity contribution is 7.40. The minimum atomic E-state index is -3.17. The zero-order chi connectivity index (χ0) is 23.3. The number of ether oxygens (including phenoxy) is 6. The fourth-order valence-corrected chi connectivity index (χ4v) is 7.55. The first-order valence-electron chi connectivity index (χ1n) is 9.81. The smallest absolute Gasteiger partial charge is 0.248 e. The summed E-state index contributed by atoms with van der Waals surface area (Å²) < 4.78 is 33.2. The predicted molar refractivity (Wildman–Crippen MR) is 129 cm³/mol. The molecular weight excluding hydrogens is 448 g/mol. The molecule has 0 aromatic heterocycles. The normalized spacial score (nSPS) is 11.0. The number of halogens is 1. The largest absolute Gasteiger partial charge is 0.497 e. The first-order valence-corrected chi connectivity index (χ1v) is 12.8. The Labute approximate surface area is 194 Å². The van der Waals surface area contributed by atoms with Gasteiger partial charge in [0.25, 0.3) is 0 Å². The second kappa shape index (κ2) is 10.1. The summed E-state index contributed by atoms with van der Waals surface area (Å²) in [5.74, 6) is 3.84. The summed E-state index contributed by atoms with van der Waals surface area (Å²) in [6, 6.07) is 17.0. The lowest BCUT2D eigenvalue weighted by molar-refractivity contribution is 0.395. The van der Waals surface area contributed by atoms with E-state index < -0.39 is 7.38 Å². The van der Waals surface area contributed by atoms with E-state index in [0.717, 1.165) is 15.6 Å². The molecule has 0 aliphatic rings. The first-order chi connectivity index (χ1) is 15.4. The van der Waals surface area contributed by atoms with Gasteiger partial charge >= 0.3 is 0 Å². The van der Waals surface area contributed by atoms with Crippen LogP contribution in [0, 0.1) is 0 Å². The Morgan fingerprint density at radius 3 is 0.750 bits per heavy atom. The molecule has 0 spiro atoms. The Morgan fingerprint density at radius 1 is 0.406 bits per heavy atom. The molecule has 0 radical (unpaired) electrons. The topological polar surface area (TPSA) is 55.4 Å².